The summed E-state index contributed by atoms with van der Waals surface area (Å²) in [5.41, 5.74) is 1.91. The van der Waals surface area contributed by atoms with Crippen LogP contribution in [0.15, 0.2) is 60.7 Å². The van der Waals surface area contributed by atoms with Crippen molar-refractivity contribution in [1.29, 1.82) is 0 Å². The summed E-state index contributed by atoms with van der Waals surface area (Å²) < 4.78 is -0.741. The Balaban J connectivity index is 2.59. The van der Waals surface area contributed by atoms with Crippen molar-refractivity contribution < 1.29 is 4.79 Å². The Labute approximate surface area is 110 Å². The number of alkyl halides is 1. The van der Waals surface area contributed by atoms with Gasteiger partial charge in [0.1, 0.15) is 4.32 Å². The van der Waals surface area contributed by atoms with Gasteiger partial charge in [-0.3, -0.25) is 4.79 Å². The van der Waals surface area contributed by atoms with E-state index in [-0.39, 0.29) is 5.78 Å². The van der Waals surface area contributed by atoms with Crippen LogP contribution in [0.1, 0.15) is 18.1 Å². The fourth-order valence-electron chi connectivity index (χ4n) is 1.91. The van der Waals surface area contributed by atoms with Crippen molar-refractivity contribution in [2.75, 3.05) is 0 Å². The van der Waals surface area contributed by atoms with Gasteiger partial charge in [0.25, 0.3) is 0 Å². The lowest BCUT2D eigenvalue weighted by molar-refractivity contribution is -0.118. The molecule has 0 amide bonds. The number of ketones is 1. The molecule has 0 heterocycles. The zero-order valence-corrected chi connectivity index (χ0v) is 11.1. The van der Waals surface area contributed by atoms with E-state index in [2.05, 4.69) is 15.9 Å². The van der Waals surface area contributed by atoms with Crippen LogP contribution in [0.2, 0.25) is 0 Å². The van der Waals surface area contributed by atoms with Crippen molar-refractivity contribution in [3.05, 3.63) is 71.8 Å². The number of Topliss-reactive ketones (excluding diaryl/α,β-unsaturated/α-hetero) is 1. The molecule has 0 bridgehead atoms. The third-order valence-corrected chi connectivity index (χ3v) is 4.30. The van der Waals surface area contributed by atoms with Crippen molar-refractivity contribution in [3.8, 4) is 0 Å². The molecule has 86 valence electrons. The number of benzene rings is 2. The van der Waals surface area contributed by atoms with Gasteiger partial charge in [0.15, 0.2) is 5.78 Å². The fourth-order valence-corrected chi connectivity index (χ4v) is 2.44. The van der Waals surface area contributed by atoms with E-state index in [0.717, 1.165) is 11.1 Å². The minimum Gasteiger partial charge on any atom is -0.298 e. The second kappa shape index (κ2) is 4.84. The Morgan fingerprint density at radius 1 is 0.882 bits per heavy atom. The summed E-state index contributed by atoms with van der Waals surface area (Å²) >= 11 is 3.62. The molecule has 0 aliphatic carbocycles. The summed E-state index contributed by atoms with van der Waals surface area (Å²) in [6.07, 6.45) is 0. The van der Waals surface area contributed by atoms with Gasteiger partial charge in [-0.25, -0.2) is 0 Å². The molecule has 2 rings (SSSR count). The van der Waals surface area contributed by atoms with Gasteiger partial charge in [0.05, 0.1) is 0 Å². The van der Waals surface area contributed by atoms with Crippen molar-refractivity contribution in [3.63, 3.8) is 0 Å². The number of carbonyl (C=O) groups is 1. The maximum Gasteiger partial charge on any atom is 0.155 e. The molecule has 0 aromatic heterocycles. The van der Waals surface area contributed by atoms with E-state index in [1.54, 1.807) is 6.92 Å². The second-order valence-electron chi connectivity index (χ2n) is 3.95. The van der Waals surface area contributed by atoms with Crippen LogP contribution in [-0.4, -0.2) is 5.78 Å². The average Bonchev–Trinajstić information content (AvgIpc) is 2.39. The minimum absolute atomic E-state index is 0.0786. The molecule has 0 radical (unpaired) electrons. The highest BCUT2D eigenvalue weighted by molar-refractivity contribution is 9.10. The maximum atomic E-state index is 12.0. The Hall–Kier alpha value is -1.41. The van der Waals surface area contributed by atoms with Gasteiger partial charge in [-0.2, -0.15) is 0 Å². The maximum absolute atomic E-state index is 12.0. The van der Waals surface area contributed by atoms with Crippen molar-refractivity contribution in [1.82, 2.24) is 0 Å². The Bertz CT molecular complexity index is 465. The van der Waals surface area contributed by atoms with E-state index in [0.29, 0.717) is 0 Å². The minimum atomic E-state index is -0.741. The number of rotatable bonds is 3. The van der Waals surface area contributed by atoms with Gasteiger partial charge in [0, 0.05) is 0 Å². The molecular weight excluding hydrogens is 276 g/mol. The first-order chi connectivity index (χ1) is 8.15. The summed E-state index contributed by atoms with van der Waals surface area (Å²) in [5, 5.41) is 0. The number of carbonyl (C=O) groups excluding carboxylic acids is 1. The molecule has 0 spiro atoms. The number of hydrogen-bond acceptors (Lipinski definition) is 1. The van der Waals surface area contributed by atoms with E-state index in [1.165, 1.54) is 0 Å². The van der Waals surface area contributed by atoms with E-state index in [4.69, 9.17) is 0 Å². The molecule has 0 aliphatic rings. The van der Waals surface area contributed by atoms with Crippen LogP contribution in [0.4, 0.5) is 0 Å². The van der Waals surface area contributed by atoms with Gasteiger partial charge in [-0.15, -0.1) is 0 Å². The van der Waals surface area contributed by atoms with Crippen LogP contribution >= 0.6 is 15.9 Å². The Morgan fingerprint density at radius 3 is 1.53 bits per heavy atom. The fraction of sp³-hybridized carbons (Fsp3) is 0.133. The summed E-state index contributed by atoms with van der Waals surface area (Å²) in [5.74, 6) is 0.0786. The molecule has 0 saturated heterocycles. The smallest absolute Gasteiger partial charge is 0.155 e. The first-order valence-corrected chi connectivity index (χ1v) is 6.26. The predicted molar refractivity (Wildman–Crippen MR) is 73.3 cm³/mol. The lowest BCUT2D eigenvalue weighted by Gasteiger charge is -2.25. The Kier molecular flexibility index (Phi) is 3.43. The molecule has 2 aromatic carbocycles. The number of halogens is 1. The average molecular weight is 289 g/mol. The van der Waals surface area contributed by atoms with Crippen molar-refractivity contribution in [2.45, 2.75) is 11.2 Å². The monoisotopic (exact) mass is 288 g/mol. The topological polar surface area (TPSA) is 17.1 Å². The molecule has 17 heavy (non-hydrogen) atoms. The summed E-state index contributed by atoms with van der Waals surface area (Å²) in [4.78, 5) is 12.0. The highest BCUT2D eigenvalue weighted by atomic mass is 79.9. The summed E-state index contributed by atoms with van der Waals surface area (Å²) in [7, 11) is 0. The van der Waals surface area contributed by atoms with Crippen LogP contribution in [0.5, 0.6) is 0 Å². The second-order valence-corrected chi connectivity index (χ2v) is 5.14. The molecule has 0 saturated carbocycles. The van der Waals surface area contributed by atoms with E-state index in [9.17, 15) is 4.79 Å². The van der Waals surface area contributed by atoms with E-state index < -0.39 is 4.32 Å². The normalized spacial score (nSPS) is 11.2. The molecule has 0 atom stereocenters. The zero-order valence-electron chi connectivity index (χ0n) is 9.56. The molecule has 0 unspecified atom stereocenters. The summed E-state index contributed by atoms with van der Waals surface area (Å²) in [6.45, 7) is 1.61. The van der Waals surface area contributed by atoms with Gasteiger partial charge in [-0.1, -0.05) is 76.6 Å². The highest BCUT2D eigenvalue weighted by Gasteiger charge is 2.35. The lowest BCUT2D eigenvalue weighted by Crippen LogP contribution is -2.28. The first kappa shape index (κ1) is 12.1. The van der Waals surface area contributed by atoms with Crippen LogP contribution < -0.4 is 0 Å². The van der Waals surface area contributed by atoms with Gasteiger partial charge in [0.2, 0.25) is 0 Å². The van der Waals surface area contributed by atoms with Crippen molar-refractivity contribution >= 4 is 21.7 Å². The van der Waals surface area contributed by atoms with Gasteiger partial charge < -0.3 is 0 Å². The third kappa shape index (κ3) is 2.18. The SMILES string of the molecule is CC(=O)C(Br)(c1ccccc1)c1ccccc1. The molecule has 0 N–H and O–H groups in total. The molecule has 2 heteroatoms. The van der Waals surface area contributed by atoms with Crippen molar-refractivity contribution in [2.24, 2.45) is 0 Å². The molecule has 0 aliphatic heterocycles. The molecule has 0 fully saturated rings. The largest absolute Gasteiger partial charge is 0.298 e. The van der Waals surface area contributed by atoms with Crippen LogP contribution in [-0.2, 0) is 9.12 Å². The standard InChI is InChI=1S/C15H13BrO/c1-12(17)15(16,13-8-4-2-5-9-13)14-10-6-3-7-11-14/h2-11H,1H3. The van der Waals surface area contributed by atoms with E-state index in [1.807, 2.05) is 60.7 Å². The Morgan fingerprint density at radius 2 is 1.24 bits per heavy atom. The third-order valence-electron chi connectivity index (χ3n) is 2.83. The molecule has 1 nitrogen and oxygen atoms in total. The van der Waals surface area contributed by atoms with Crippen LogP contribution in [0.3, 0.4) is 0 Å². The van der Waals surface area contributed by atoms with E-state index >= 15 is 0 Å². The summed E-state index contributed by atoms with van der Waals surface area (Å²) in [6, 6.07) is 19.5. The van der Waals surface area contributed by atoms with Gasteiger partial charge >= 0.3 is 0 Å². The first-order valence-electron chi connectivity index (χ1n) is 5.46. The lowest BCUT2D eigenvalue weighted by atomic mass is 9.88. The molecular formula is C15H13BrO. The predicted octanol–water partition coefficient (Wildman–Crippen LogP) is 3.91. The highest BCUT2D eigenvalue weighted by Crippen LogP contribution is 2.39. The van der Waals surface area contributed by atoms with Crippen LogP contribution in [0.25, 0.3) is 0 Å². The van der Waals surface area contributed by atoms with Crippen LogP contribution in [0, 0.1) is 0 Å². The zero-order chi connectivity index (χ0) is 12.3. The van der Waals surface area contributed by atoms with Gasteiger partial charge in [-0.05, 0) is 18.1 Å². The number of hydrogen-bond donors (Lipinski definition) is 0. The molecule has 2 aromatic rings. The quantitative estimate of drug-likeness (QED) is 0.783.